The molecule has 9 heteroatoms. The summed E-state index contributed by atoms with van der Waals surface area (Å²) < 4.78 is 17.9. The third-order valence-corrected chi connectivity index (χ3v) is 10.1. The quantitative estimate of drug-likeness (QED) is 0.772. The number of carboxylic acid groups (broad SMARTS) is 1. The van der Waals surface area contributed by atoms with Crippen molar-refractivity contribution in [2.24, 2.45) is 0 Å². The van der Waals surface area contributed by atoms with Crippen LogP contribution in [0.2, 0.25) is 18.1 Å². The van der Waals surface area contributed by atoms with Crippen molar-refractivity contribution in [1.29, 1.82) is 0 Å². The van der Waals surface area contributed by atoms with E-state index in [0.717, 1.165) is 0 Å². The van der Waals surface area contributed by atoms with Crippen molar-refractivity contribution < 1.29 is 23.5 Å². The van der Waals surface area contributed by atoms with E-state index in [4.69, 9.17) is 13.6 Å². The van der Waals surface area contributed by atoms with Gasteiger partial charge in [0.2, 0.25) is 0 Å². The van der Waals surface area contributed by atoms with E-state index < -0.39 is 14.3 Å². The van der Waals surface area contributed by atoms with Gasteiger partial charge in [-0.05, 0) is 30.3 Å². The maximum atomic E-state index is 11.4. The molecule has 1 aromatic heterocycles. The molecule has 1 saturated heterocycles. The van der Waals surface area contributed by atoms with Crippen LogP contribution in [0.1, 0.15) is 31.1 Å². The van der Waals surface area contributed by atoms with Crippen LogP contribution in [0.15, 0.2) is 22.6 Å². The van der Waals surface area contributed by atoms with Crippen molar-refractivity contribution in [1.82, 2.24) is 4.98 Å². The van der Waals surface area contributed by atoms with Gasteiger partial charge in [0.05, 0.1) is 31.4 Å². The summed E-state index contributed by atoms with van der Waals surface area (Å²) in [7, 11) is -1.89. The molecule has 1 aromatic carbocycles. The third kappa shape index (κ3) is 4.63. The molecule has 0 spiro atoms. The number of carbonyl (C=O) groups is 1. The number of ether oxygens (including phenoxy) is 1. The van der Waals surface area contributed by atoms with Crippen molar-refractivity contribution in [2.45, 2.75) is 44.9 Å². The molecule has 3 rings (SSSR count). The molecule has 0 bridgehead atoms. The van der Waals surface area contributed by atoms with Crippen LogP contribution in [0.5, 0.6) is 0 Å². The van der Waals surface area contributed by atoms with Crippen LogP contribution in [-0.2, 0) is 9.16 Å². The number of anilines is 1. The number of oxazole rings is 1. The summed E-state index contributed by atoms with van der Waals surface area (Å²) in [6, 6.07) is 5.34. The molecule has 7 nitrogen and oxygen atoms in total. The summed E-state index contributed by atoms with van der Waals surface area (Å²) in [4.78, 5) is 18.0. The Hall–Kier alpha value is -1.31. The van der Waals surface area contributed by atoms with Gasteiger partial charge >= 0.3 is 24.8 Å². The van der Waals surface area contributed by atoms with Crippen LogP contribution in [0.25, 0.3) is 11.1 Å². The Morgan fingerprint density at radius 1 is 1.39 bits per heavy atom. The van der Waals surface area contributed by atoms with Crippen molar-refractivity contribution in [3.63, 3.8) is 0 Å². The standard InChI is InChI=1S/C19H28N2O5Si.Li.H/c1-19(2,3)27(4,5)25-12-13-11-24-10-9-21(13)18-20-16-14(17(22)23)7-6-8-15(16)26-18;;/h6-8,13H,9-12H2,1-5H3,(H,22,23);;. The number of morpholine rings is 1. The number of aromatic carboxylic acids is 1. The summed E-state index contributed by atoms with van der Waals surface area (Å²) in [6.45, 7) is 13.3. The van der Waals surface area contributed by atoms with Gasteiger partial charge in [0.1, 0.15) is 5.52 Å². The fourth-order valence-corrected chi connectivity index (χ4v) is 3.84. The molecule has 0 radical (unpaired) electrons. The predicted octanol–water partition coefficient (Wildman–Crippen LogP) is 3.10. The Kier molecular flexibility index (Phi) is 7.05. The second-order valence-corrected chi connectivity index (χ2v) is 13.3. The van der Waals surface area contributed by atoms with E-state index >= 15 is 0 Å². The molecule has 1 unspecified atom stereocenters. The Labute approximate surface area is 178 Å². The van der Waals surface area contributed by atoms with E-state index in [1.165, 1.54) is 6.07 Å². The monoisotopic (exact) mass is 400 g/mol. The van der Waals surface area contributed by atoms with Crippen LogP contribution >= 0.6 is 0 Å². The first-order valence-corrected chi connectivity index (χ1v) is 12.1. The maximum absolute atomic E-state index is 11.4. The fraction of sp³-hybridized carbons (Fsp3) is 0.579. The predicted molar refractivity (Wildman–Crippen MR) is 113 cm³/mol. The molecule has 1 aliphatic rings. The number of nitrogens with zero attached hydrogens (tertiary/aromatic N) is 2. The fourth-order valence-electron chi connectivity index (χ4n) is 2.80. The summed E-state index contributed by atoms with van der Waals surface area (Å²) in [5.74, 6) is -1.01. The van der Waals surface area contributed by atoms with Crippen molar-refractivity contribution in [2.75, 3.05) is 31.3 Å². The molecule has 0 amide bonds. The van der Waals surface area contributed by atoms with E-state index in [-0.39, 0.29) is 35.5 Å². The molecule has 1 aliphatic heterocycles. The van der Waals surface area contributed by atoms with Gasteiger partial charge in [-0.1, -0.05) is 26.8 Å². The number of carboxylic acids is 1. The van der Waals surface area contributed by atoms with Gasteiger partial charge < -0.3 is 23.6 Å². The Morgan fingerprint density at radius 3 is 2.75 bits per heavy atom. The molecule has 150 valence electrons. The molecule has 28 heavy (non-hydrogen) atoms. The van der Waals surface area contributed by atoms with E-state index in [9.17, 15) is 9.90 Å². The zero-order valence-electron chi connectivity index (χ0n) is 16.6. The average molecular weight is 400 g/mol. The van der Waals surface area contributed by atoms with Crippen molar-refractivity contribution in [3.05, 3.63) is 23.8 Å². The Balaban J connectivity index is 0.00000280. The second kappa shape index (κ2) is 8.60. The van der Waals surface area contributed by atoms with E-state index in [0.29, 0.717) is 43.5 Å². The molecule has 0 saturated carbocycles. The molecule has 1 fully saturated rings. The van der Waals surface area contributed by atoms with Gasteiger partial charge in [0.15, 0.2) is 13.9 Å². The molecular weight excluding hydrogens is 371 g/mol. The summed E-state index contributed by atoms with van der Waals surface area (Å²) >= 11 is 0. The number of hydrogen-bond donors (Lipinski definition) is 1. The minimum atomic E-state index is -1.89. The van der Waals surface area contributed by atoms with Crippen LogP contribution in [0.4, 0.5) is 6.01 Å². The van der Waals surface area contributed by atoms with E-state index in [1.54, 1.807) is 12.1 Å². The first-order valence-electron chi connectivity index (χ1n) is 9.21. The minimum absolute atomic E-state index is 0. The number of aromatic nitrogens is 1. The Morgan fingerprint density at radius 2 is 2.11 bits per heavy atom. The van der Waals surface area contributed by atoms with E-state index in [2.05, 4.69) is 38.8 Å². The molecule has 0 aliphatic carbocycles. The molecule has 1 N–H and O–H groups in total. The first-order chi connectivity index (χ1) is 12.6. The number of rotatable bonds is 5. The number of benzene rings is 1. The van der Waals surface area contributed by atoms with Gasteiger partial charge in [-0.2, -0.15) is 4.98 Å². The third-order valence-electron chi connectivity index (χ3n) is 5.55. The van der Waals surface area contributed by atoms with Crippen LogP contribution in [0.3, 0.4) is 0 Å². The normalized spacial score (nSPS) is 18.2. The SMILES string of the molecule is CC(C)(C)[Si](C)(C)OCC1COCCN1c1nc2c(C(=O)O)cccc2o1.[LiH]. The van der Waals surface area contributed by atoms with Crippen LogP contribution in [0, 0.1) is 0 Å². The van der Waals surface area contributed by atoms with Crippen LogP contribution < -0.4 is 4.90 Å². The van der Waals surface area contributed by atoms with Crippen molar-refractivity contribution >= 4 is 50.3 Å². The van der Waals surface area contributed by atoms with E-state index in [1.807, 2.05) is 4.90 Å². The molecular formula is C19H29LiN2O5Si. The van der Waals surface area contributed by atoms with Gasteiger partial charge in [-0.15, -0.1) is 0 Å². The number of fused-ring (bicyclic) bond motifs is 1. The topological polar surface area (TPSA) is 85.0 Å². The number of para-hydroxylation sites is 1. The van der Waals surface area contributed by atoms with Gasteiger partial charge in [0.25, 0.3) is 6.01 Å². The van der Waals surface area contributed by atoms with Gasteiger partial charge in [-0.25, -0.2) is 4.79 Å². The molecule has 2 aromatic rings. The summed E-state index contributed by atoms with van der Waals surface area (Å²) in [5.41, 5.74) is 0.987. The first kappa shape index (κ1) is 23.0. The zero-order valence-corrected chi connectivity index (χ0v) is 17.6. The second-order valence-electron chi connectivity index (χ2n) is 8.45. The summed E-state index contributed by atoms with van der Waals surface area (Å²) in [5, 5.41) is 9.50. The molecule has 1 atom stereocenters. The Bertz CT molecular complexity index is 833. The van der Waals surface area contributed by atoms with Gasteiger partial charge in [0, 0.05) is 6.54 Å². The average Bonchev–Trinajstić information content (AvgIpc) is 3.03. The van der Waals surface area contributed by atoms with Crippen molar-refractivity contribution in [3.8, 4) is 0 Å². The zero-order chi connectivity index (χ0) is 19.8. The number of hydrogen-bond acceptors (Lipinski definition) is 6. The van der Waals surface area contributed by atoms with Crippen LogP contribution in [-0.4, -0.2) is 75.6 Å². The summed E-state index contributed by atoms with van der Waals surface area (Å²) in [6.07, 6.45) is 0. The molecule has 2 heterocycles. The van der Waals surface area contributed by atoms with Gasteiger partial charge in [-0.3, -0.25) is 0 Å².